The summed E-state index contributed by atoms with van der Waals surface area (Å²) in [4.78, 5) is 73.9. The van der Waals surface area contributed by atoms with Gasteiger partial charge in [-0.25, -0.2) is 0 Å². The van der Waals surface area contributed by atoms with Gasteiger partial charge >= 0.3 is 0 Å². The first kappa shape index (κ1) is 63.3. The molecule has 0 aromatic carbocycles. The Morgan fingerprint density at radius 1 is 0.583 bits per heavy atom. The Labute approximate surface area is 364 Å². The van der Waals surface area contributed by atoms with Crippen LogP contribution in [0.2, 0.25) is 0 Å². The van der Waals surface area contributed by atoms with E-state index < -0.39 is 0 Å². The van der Waals surface area contributed by atoms with E-state index in [4.69, 9.17) is 14.6 Å². The van der Waals surface area contributed by atoms with Gasteiger partial charge in [-0.2, -0.15) is 0 Å². The summed E-state index contributed by atoms with van der Waals surface area (Å²) in [7, 11) is 9.32. The van der Waals surface area contributed by atoms with Crippen LogP contribution in [-0.2, 0) is 38.2 Å². The molecule has 0 spiro atoms. The van der Waals surface area contributed by atoms with E-state index in [2.05, 4.69) is 33.2 Å². The minimum Gasteiger partial charge on any atom is -0.395 e. The van der Waals surface area contributed by atoms with Gasteiger partial charge in [0.05, 0.1) is 26.4 Å². The normalized spacial score (nSPS) is 13.7. The van der Waals surface area contributed by atoms with Gasteiger partial charge in [-0.15, -0.1) is 0 Å². The molecule has 0 atom stereocenters. The Morgan fingerprint density at radius 2 is 0.950 bits per heavy atom. The predicted octanol–water partition coefficient (Wildman–Crippen LogP) is 1.78. The van der Waals surface area contributed by atoms with E-state index in [1.54, 1.807) is 14.2 Å². The van der Waals surface area contributed by atoms with E-state index in [1.807, 2.05) is 112 Å². The van der Waals surface area contributed by atoms with E-state index in [0.717, 1.165) is 52.4 Å². The highest BCUT2D eigenvalue weighted by Gasteiger charge is 2.21. The van der Waals surface area contributed by atoms with Crippen LogP contribution in [0.15, 0.2) is 0 Å². The van der Waals surface area contributed by atoms with Crippen LogP contribution in [0.1, 0.15) is 83.1 Å². The molecule has 5 N–H and O–H groups in total. The number of nitrogens with zero attached hydrogens (tertiary/aromatic N) is 4. The number of ether oxygens (including phenoxy) is 2. The monoisotopic (exact) mass is 863 g/mol. The van der Waals surface area contributed by atoms with Crippen LogP contribution in [0.5, 0.6) is 0 Å². The largest absolute Gasteiger partial charge is 0.395 e. The molecular formula is C43H90N8O9. The second-order valence-corrected chi connectivity index (χ2v) is 16.5. The summed E-state index contributed by atoms with van der Waals surface area (Å²) < 4.78 is 9.89. The molecule has 0 saturated carbocycles. The topological polar surface area (TPSA) is 202 Å². The molecule has 2 aliphatic heterocycles. The van der Waals surface area contributed by atoms with Gasteiger partial charge in [-0.1, -0.05) is 83.1 Å². The van der Waals surface area contributed by atoms with Crippen LogP contribution in [0.4, 0.5) is 0 Å². The van der Waals surface area contributed by atoms with Crippen molar-refractivity contribution in [3.05, 3.63) is 0 Å². The first-order chi connectivity index (χ1) is 27.9. The van der Waals surface area contributed by atoms with Crippen molar-refractivity contribution in [2.45, 2.75) is 83.1 Å². The third kappa shape index (κ3) is 38.8. The zero-order valence-corrected chi connectivity index (χ0v) is 40.9. The molecule has 6 amide bonds. The molecule has 2 saturated heterocycles. The van der Waals surface area contributed by atoms with E-state index in [9.17, 15) is 28.8 Å². The van der Waals surface area contributed by atoms with Crippen LogP contribution in [0, 0.1) is 35.5 Å². The molecule has 356 valence electrons. The lowest BCUT2D eigenvalue weighted by Crippen LogP contribution is -2.48. The van der Waals surface area contributed by atoms with Crippen molar-refractivity contribution in [2.24, 2.45) is 35.5 Å². The van der Waals surface area contributed by atoms with Crippen LogP contribution >= 0.6 is 0 Å². The number of hydrogen-bond acceptors (Lipinski definition) is 11. The van der Waals surface area contributed by atoms with Crippen LogP contribution in [-0.4, -0.2) is 187 Å². The maximum absolute atomic E-state index is 11.5. The second-order valence-electron chi connectivity index (χ2n) is 16.5. The molecule has 0 bridgehead atoms. The molecule has 2 heterocycles. The summed E-state index contributed by atoms with van der Waals surface area (Å²) in [6, 6.07) is 0. The highest BCUT2D eigenvalue weighted by molar-refractivity contribution is 5.79. The molecule has 0 aromatic rings. The van der Waals surface area contributed by atoms with Gasteiger partial charge in [-0.05, 0) is 21.1 Å². The molecular weight excluding hydrogens is 773 g/mol. The first-order valence-electron chi connectivity index (χ1n) is 21.5. The highest BCUT2D eigenvalue weighted by atomic mass is 16.5. The fraction of sp³-hybridized carbons (Fsp3) is 0.860. The summed E-state index contributed by atoms with van der Waals surface area (Å²) in [5.74, 6) is 1.39. The predicted molar refractivity (Wildman–Crippen MR) is 241 cm³/mol. The van der Waals surface area contributed by atoms with Gasteiger partial charge in [0.15, 0.2) is 0 Å². The Bertz CT molecular complexity index is 1120. The zero-order chi connectivity index (χ0) is 47.4. The van der Waals surface area contributed by atoms with Gasteiger partial charge in [0.25, 0.3) is 0 Å². The van der Waals surface area contributed by atoms with E-state index in [1.165, 1.54) is 0 Å². The van der Waals surface area contributed by atoms with Crippen molar-refractivity contribution in [1.82, 2.24) is 40.9 Å². The highest BCUT2D eigenvalue weighted by Crippen LogP contribution is 2.06. The summed E-state index contributed by atoms with van der Waals surface area (Å²) in [6.45, 7) is 32.6. The molecule has 2 aliphatic rings. The number of nitrogens with one attached hydrogen (secondary N) is 4. The summed E-state index contributed by atoms with van der Waals surface area (Å²) >= 11 is 0. The number of amides is 6. The lowest BCUT2D eigenvalue weighted by molar-refractivity contribution is -0.138. The molecule has 0 radical (unpaired) electrons. The van der Waals surface area contributed by atoms with Gasteiger partial charge in [0.1, 0.15) is 0 Å². The number of carbonyl (C=O) groups excluding carboxylic acids is 6. The lowest BCUT2D eigenvalue weighted by atomic mass is 10.2. The zero-order valence-electron chi connectivity index (χ0n) is 40.9. The van der Waals surface area contributed by atoms with Crippen molar-refractivity contribution in [2.75, 3.05) is 127 Å². The minimum absolute atomic E-state index is 0.0101. The van der Waals surface area contributed by atoms with Crippen molar-refractivity contribution in [3.63, 3.8) is 0 Å². The standard InChI is InChI=1S/C9H18N2O.C8H18N2O.C8H15NO2.C7H15NO2.C6H13NO2.C5H11NO/c1-8(2)9(12)11-6-4-10(3)5-7-11;1-7(2)8(11)9-5-6-10(3)4;1-7(2)8(10)9-3-5-11-6-4-9;1-6(2)7(9)8-4-5-10-3;1-5(2)6(9)7-3-4-8;1-4(2)5(7)6-3/h8H,4-7H2,1-3H3;7H,5-6H2,1-4H3,(H,9,11);7H,3-6H2,1-2H3;6H,4-5H2,1-3H3,(H,8,9);5,8H,3-4H2,1-2H3,(H,7,9);4H,1-3H3,(H,6,7). The molecule has 60 heavy (non-hydrogen) atoms. The second kappa shape index (κ2) is 39.7. The molecule has 0 unspecified atom stereocenters. The Hall–Kier alpha value is -3.38. The van der Waals surface area contributed by atoms with Gasteiger partial charge in [0, 0.05) is 115 Å². The number of rotatable bonds is 14. The van der Waals surface area contributed by atoms with E-state index >= 15 is 0 Å². The summed E-state index contributed by atoms with van der Waals surface area (Å²) in [6.07, 6.45) is 0. The van der Waals surface area contributed by atoms with Crippen LogP contribution < -0.4 is 21.3 Å². The number of piperazine rings is 1. The first-order valence-corrected chi connectivity index (χ1v) is 21.5. The van der Waals surface area contributed by atoms with Crippen LogP contribution in [0.3, 0.4) is 0 Å². The smallest absolute Gasteiger partial charge is 0.225 e. The SMILES string of the molecule is CC(C)C(=O)N1CCN(C)CC1.CC(C)C(=O)N1CCOCC1.CC(C)C(=O)NCCN(C)C.CC(C)C(=O)NCCO.CNC(=O)C(C)C.COCCNC(=O)C(C)C. The number of likely N-dealkylation sites (N-methyl/N-ethyl adjacent to an activating group) is 2. The third-order valence-electron chi connectivity index (χ3n) is 8.34. The van der Waals surface area contributed by atoms with Gasteiger partial charge in [-0.3, -0.25) is 28.8 Å². The van der Waals surface area contributed by atoms with E-state index in [0.29, 0.717) is 38.8 Å². The molecule has 0 aliphatic carbocycles. The minimum atomic E-state index is -0.0101. The number of aliphatic hydroxyl groups excluding tert-OH is 1. The Morgan fingerprint density at radius 3 is 1.25 bits per heavy atom. The van der Waals surface area contributed by atoms with Crippen molar-refractivity contribution in [3.8, 4) is 0 Å². The number of methoxy groups -OCH3 is 1. The quantitative estimate of drug-likeness (QED) is 0.160. The van der Waals surface area contributed by atoms with Crippen LogP contribution in [0.25, 0.3) is 0 Å². The molecule has 2 fully saturated rings. The van der Waals surface area contributed by atoms with Crippen molar-refractivity contribution < 1.29 is 43.3 Å². The van der Waals surface area contributed by atoms with E-state index in [-0.39, 0.29) is 71.7 Å². The Balaban J connectivity index is -0.000000316. The molecule has 17 nitrogen and oxygen atoms in total. The number of aliphatic hydroxyl groups is 1. The fourth-order valence-electron chi connectivity index (χ4n) is 4.30. The van der Waals surface area contributed by atoms with Crippen molar-refractivity contribution >= 4 is 35.4 Å². The maximum Gasteiger partial charge on any atom is 0.225 e. The number of morpholine rings is 1. The maximum atomic E-state index is 11.5. The van der Waals surface area contributed by atoms with Gasteiger partial charge in [0.2, 0.25) is 35.4 Å². The molecule has 2 rings (SSSR count). The van der Waals surface area contributed by atoms with Gasteiger partial charge < -0.3 is 55.4 Å². The number of carbonyl (C=O) groups is 6. The fourth-order valence-corrected chi connectivity index (χ4v) is 4.30. The molecule has 0 aromatic heterocycles. The van der Waals surface area contributed by atoms with Crippen molar-refractivity contribution in [1.29, 1.82) is 0 Å². The Kier molecular flexibility index (Phi) is 41.9. The summed E-state index contributed by atoms with van der Waals surface area (Å²) in [5.41, 5.74) is 0. The number of hydrogen-bond donors (Lipinski definition) is 5. The molecule has 17 heteroatoms. The summed E-state index contributed by atoms with van der Waals surface area (Å²) in [5, 5.41) is 18.9. The lowest BCUT2D eigenvalue weighted by Gasteiger charge is -2.33. The average Bonchev–Trinajstić information content (AvgIpc) is 3.20. The average molecular weight is 863 g/mol. The third-order valence-corrected chi connectivity index (χ3v) is 8.34.